The predicted molar refractivity (Wildman–Crippen MR) is 150 cm³/mol. The van der Waals surface area contributed by atoms with E-state index in [1.807, 2.05) is 24.3 Å². The highest BCUT2D eigenvalue weighted by Gasteiger charge is 2.30. The topological polar surface area (TPSA) is 62.7 Å². The first kappa shape index (κ1) is 28.2. The van der Waals surface area contributed by atoms with E-state index in [-0.39, 0.29) is 18.3 Å². The third-order valence-corrected chi connectivity index (χ3v) is 8.01. The number of hydrogen-bond acceptors (Lipinski definition) is 4. The Hall–Kier alpha value is -2.85. The summed E-state index contributed by atoms with van der Waals surface area (Å²) >= 11 is 12.1. The number of methoxy groups -OCH3 is 1. The van der Waals surface area contributed by atoms with Crippen molar-refractivity contribution >= 4 is 40.1 Å². The van der Waals surface area contributed by atoms with Crippen LogP contribution < -0.4 is 4.74 Å². The summed E-state index contributed by atoms with van der Waals surface area (Å²) in [5.74, 6) is 6.62. The zero-order chi connectivity index (χ0) is 27.1. The molecule has 0 bridgehead atoms. The number of carboxylic acid groups (broad SMARTS) is 1. The maximum Gasteiger partial charge on any atom is 0.303 e. The lowest BCUT2D eigenvalue weighted by atomic mass is 9.79. The SMILES string of the molecule is COc1ccc2nccc([C@@H](F)CCC3CCN(CC#Cc4ccc(Cl)c(Cl)c4)CC3CCC(=O)O)c2c1. The lowest BCUT2D eigenvalue weighted by Crippen LogP contribution is -2.41. The van der Waals surface area contributed by atoms with E-state index >= 15 is 4.39 Å². The molecule has 0 amide bonds. The van der Waals surface area contributed by atoms with E-state index in [2.05, 4.69) is 21.7 Å². The summed E-state index contributed by atoms with van der Waals surface area (Å²) in [5.41, 5.74) is 2.15. The molecule has 200 valence electrons. The molecule has 38 heavy (non-hydrogen) atoms. The zero-order valence-corrected chi connectivity index (χ0v) is 22.8. The molecule has 2 heterocycles. The van der Waals surface area contributed by atoms with Crippen molar-refractivity contribution in [3.8, 4) is 17.6 Å². The number of pyridine rings is 1. The van der Waals surface area contributed by atoms with Crippen LogP contribution in [0.3, 0.4) is 0 Å². The van der Waals surface area contributed by atoms with Gasteiger partial charge in [-0.05, 0) is 92.1 Å². The van der Waals surface area contributed by atoms with E-state index in [0.717, 1.165) is 36.0 Å². The highest BCUT2D eigenvalue weighted by Crippen LogP contribution is 2.36. The van der Waals surface area contributed by atoms with Crippen LogP contribution in [0.15, 0.2) is 48.7 Å². The van der Waals surface area contributed by atoms with Gasteiger partial charge in [-0.2, -0.15) is 0 Å². The smallest absolute Gasteiger partial charge is 0.303 e. The summed E-state index contributed by atoms with van der Waals surface area (Å²) in [4.78, 5) is 17.9. The van der Waals surface area contributed by atoms with Crippen molar-refractivity contribution in [3.05, 3.63) is 69.8 Å². The molecule has 1 fully saturated rings. The van der Waals surface area contributed by atoms with Crippen molar-refractivity contribution in [3.63, 3.8) is 0 Å². The molecule has 1 N–H and O–H groups in total. The Kier molecular flexibility index (Phi) is 9.85. The lowest BCUT2D eigenvalue weighted by molar-refractivity contribution is -0.137. The Labute approximate surface area is 232 Å². The number of alkyl halides is 1. The largest absolute Gasteiger partial charge is 0.497 e. The van der Waals surface area contributed by atoms with Crippen LogP contribution in [0.25, 0.3) is 10.9 Å². The number of ether oxygens (including phenoxy) is 1. The van der Waals surface area contributed by atoms with Gasteiger partial charge in [-0.15, -0.1) is 0 Å². The number of likely N-dealkylation sites (tertiary alicyclic amines) is 1. The maximum absolute atomic E-state index is 15.5. The molecule has 0 saturated carbocycles. The molecule has 5 nitrogen and oxygen atoms in total. The average molecular weight is 557 g/mol. The summed E-state index contributed by atoms with van der Waals surface area (Å²) in [7, 11) is 1.59. The highest BCUT2D eigenvalue weighted by atomic mass is 35.5. The number of piperidine rings is 1. The molecule has 1 aliphatic heterocycles. The maximum atomic E-state index is 15.5. The third kappa shape index (κ3) is 7.38. The fraction of sp³-hybridized carbons (Fsp3) is 0.400. The normalized spacial score (nSPS) is 18.5. The Morgan fingerprint density at radius 2 is 2.03 bits per heavy atom. The number of carbonyl (C=O) groups is 1. The van der Waals surface area contributed by atoms with Crippen LogP contribution in [-0.2, 0) is 4.79 Å². The van der Waals surface area contributed by atoms with Crippen LogP contribution >= 0.6 is 23.2 Å². The second-order valence-electron chi connectivity index (χ2n) is 9.74. The summed E-state index contributed by atoms with van der Waals surface area (Å²) in [6, 6.07) is 12.5. The standard InChI is InChI=1S/C30H31Cl2FN2O3/c1-38-23-7-10-29-25(18-23)24(12-14-34-29)28(33)9-5-21-13-16-35(19-22(21)6-11-30(36)37)15-2-3-20-4-8-26(31)27(32)17-20/h4,7-8,10,12,14,17-18,21-22,28H,5-6,9,11,13,15-16,19H2,1H3,(H,36,37)/t21?,22?,28-/m0/s1. The van der Waals surface area contributed by atoms with Crippen molar-refractivity contribution in [2.75, 3.05) is 26.7 Å². The molecule has 3 atom stereocenters. The molecular weight excluding hydrogens is 526 g/mol. The Balaban J connectivity index is 1.39. The number of fused-ring (bicyclic) bond motifs is 1. The van der Waals surface area contributed by atoms with Crippen molar-refractivity contribution in [1.29, 1.82) is 0 Å². The Morgan fingerprint density at radius 1 is 1.18 bits per heavy atom. The van der Waals surface area contributed by atoms with Crippen LogP contribution in [0.5, 0.6) is 5.75 Å². The molecule has 4 rings (SSSR count). The third-order valence-electron chi connectivity index (χ3n) is 7.27. The second kappa shape index (κ2) is 13.3. The zero-order valence-electron chi connectivity index (χ0n) is 21.3. The number of hydrogen-bond donors (Lipinski definition) is 1. The fourth-order valence-electron chi connectivity index (χ4n) is 5.21. The second-order valence-corrected chi connectivity index (χ2v) is 10.5. The number of rotatable bonds is 9. The number of nitrogens with zero attached hydrogens (tertiary/aromatic N) is 2. The summed E-state index contributed by atoms with van der Waals surface area (Å²) < 4.78 is 20.9. The van der Waals surface area contributed by atoms with E-state index in [9.17, 15) is 9.90 Å². The Bertz CT molecular complexity index is 1340. The van der Waals surface area contributed by atoms with Gasteiger partial charge in [0.1, 0.15) is 11.9 Å². The first-order valence-corrected chi connectivity index (χ1v) is 13.5. The summed E-state index contributed by atoms with van der Waals surface area (Å²) in [6.07, 6.45) is 3.15. The monoisotopic (exact) mass is 556 g/mol. The quantitative estimate of drug-likeness (QED) is 0.282. The molecule has 1 aliphatic rings. The first-order chi connectivity index (χ1) is 18.3. The average Bonchev–Trinajstić information content (AvgIpc) is 2.92. The number of carboxylic acids is 1. The minimum Gasteiger partial charge on any atom is -0.497 e. The van der Waals surface area contributed by atoms with Crippen molar-refractivity contribution < 1.29 is 19.0 Å². The highest BCUT2D eigenvalue weighted by molar-refractivity contribution is 6.42. The fourth-order valence-corrected chi connectivity index (χ4v) is 5.50. The molecule has 0 radical (unpaired) electrons. The van der Waals surface area contributed by atoms with Gasteiger partial charge in [0.25, 0.3) is 0 Å². The minimum atomic E-state index is -1.14. The molecule has 1 saturated heterocycles. The van der Waals surface area contributed by atoms with Gasteiger partial charge >= 0.3 is 5.97 Å². The molecule has 8 heteroatoms. The first-order valence-electron chi connectivity index (χ1n) is 12.8. The van der Waals surface area contributed by atoms with Gasteiger partial charge in [-0.3, -0.25) is 14.7 Å². The lowest BCUT2D eigenvalue weighted by Gasteiger charge is -2.38. The van der Waals surface area contributed by atoms with Crippen molar-refractivity contribution in [2.45, 2.75) is 38.3 Å². The molecule has 0 aliphatic carbocycles. The summed E-state index contributed by atoms with van der Waals surface area (Å²) in [5, 5.41) is 11.0. The molecule has 2 aromatic carbocycles. The van der Waals surface area contributed by atoms with Gasteiger partial charge in [-0.25, -0.2) is 4.39 Å². The molecule has 3 aromatic rings. The van der Waals surface area contributed by atoms with Crippen LogP contribution in [0.4, 0.5) is 4.39 Å². The molecular formula is C30H31Cl2FN2O3. The summed E-state index contributed by atoms with van der Waals surface area (Å²) in [6.45, 7) is 2.17. The van der Waals surface area contributed by atoms with Gasteiger partial charge in [-0.1, -0.05) is 35.0 Å². The van der Waals surface area contributed by atoms with Crippen LogP contribution in [0, 0.1) is 23.7 Å². The minimum absolute atomic E-state index is 0.109. The molecule has 0 spiro atoms. The van der Waals surface area contributed by atoms with E-state index in [4.69, 9.17) is 27.9 Å². The van der Waals surface area contributed by atoms with Gasteiger partial charge in [0.2, 0.25) is 0 Å². The number of aromatic nitrogens is 1. The van der Waals surface area contributed by atoms with Gasteiger partial charge < -0.3 is 9.84 Å². The number of aliphatic carboxylic acids is 1. The van der Waals surface area contributed by atoms with Gasteiger partial charge in [0.05, 0.1) is 29.2 Å². The van der Waals surface area contributed by atoms with E-state index in [1.54, 1.807) is 31.5 Å². The van der Waals surface area contributed by atoms with Crippen LogP contribution in [0.2, 0.25) is 10.0 Å². The number of halogens is 3. The molecule has 1 aromatic heterocycles. The number of benzene rings is 2. The van der Waals surface area contributed by atoms with Crippen LogP contribution in [-0.4, -0.2) is 47.7 Å². The van der Waals surface area contributed by atoms with E-state index in [1.165, 1.54) is 0 Å². The van der Waals surface area contributed by atoms with E-state index in [0.29, 0.717) is 47.2 Å². The van der Waals surface area contributed by atoms with Crippen molar-refractivity contribution in [1.82, 2.24) is 9.88 Å². The molecule has 2 unspecified atom stereocenters. The van der Waals surface area contributed by atoms with E-state index < -0.39 is 12.1 Å². The Morgan fingerprint density at radius 3 is 2.79 bits per heavy atom. The van der Waals surface area contributed by atoms with Crippen molar-refractivity contribution in [2.24, 2.45) is 11.8 Å². The van der Waals surface area contributed by atoms with Crippen LogP contribution in [0.1, 0.15) is 49.4 Å². The van der Waals surface area contributed by atoms with Gasteiger partial charge in [0.15, 0.2) is 0 Å². The predicted octanol–water partition coefficient (Wildman–Crippen LogP) is 7.20. The van der Waals surface area contributed by atoms with Gasteiger partial charge in [0, 0.05) is 30.1 Å².